The van der Waals surface area contributed by atoms with Gasteiger partial charge in [-0.3, -0.25) is 4.79 Å². The molecule has 3 heteroatoms. The van der Waals surface area contributed by atoms with Crippen molar-refractivity contribution in [2.45, 2.75) is 46.0 Å². The quantitative estimate of drug-likeness (QED) is 0.765. The molecule has 1 saturated heterocycles. The summed E-state index contributed by atoms with van der Waals surface area (Å²) in [5.74, 6) is 1.56. The highest BCUT2D eigenvalue weighted by Gasteiger charge is 2.27. The summed E-state index contributed by atoms with van der Waals surface area (Å²) < 4.78 is 0. The van der Waals surface area contributed by atoms with Crippen molar-refractivity contribution in [2.24, 2.45) is 11.8 Å². The number of carbonyl (C=O) groups is 1. The first kappa shape index (κ1) is 13.2. The molecular formula is C16H23NOS. The second kappa shape index (κ2) is 5.28. The van der Waals surface area contributed by atoms with Gasteiger partial charge in [0, 0.05) is 18.0 Å². The minimum absolute atomic E-state index is 0.276. The van der Waals surface area contributed by atoms with E-state index in [0.29, 0.717) is 11.8 Å². The molecule has 1 fully saturated rings. The Kier molecular flexibility index (Phi) is 3.66. The number of nitrogens with zero attached hydrogens (tertiary/aromatic N) is 1. The molecule has 0 radical (unpaired) electrons. The number of fused-ring (bicyclic) bond motifs is 1. The molecule has 2 aliphatic rings. The molecule has 1 amide bonds. The highest BCUT2D eigenvalue weighted by molar-refractivity contribution is 7.14. The molecule has 0 saturated carbocycles. The van der Waals surface area contributed by atoms with E-state index in [9.17, 15) is 4.79 Å². The van der Waals surface area contributed by atoms with E-state index < -0.39 is 0 Å². The first-order valence-electron chi connectivity index (χ1n) is 7.54. The van der Waals surface area contributed by atoms with Crippen molar-refractivity contribution in [1.82, 2.24) is 4.90 Å². The number of likely N-dealkylation sites (tertiary alicyclic amines) is 1. The van der Waals surface area contributed by atoms with Gasteiger partial charge < -0.3 is 4.90 Å². The second-order valence-electron chi connectivity index (χ2n) is 6.42. The maximum absolute atomic E-state index is 12.6. The van der Waals surface area contributed by atoms with E-state index in [-0.39, 0.29) is 5.91 Å². The van der Waals surface area contributed by atoms with Gasteiger partial charge in [-0.25, -0.2) is 0 Å². The van der Waals surface area contributed by atoms with Gasteiger partial charge in [0.25, 0.3) is 5.91 Å². The molecule has 2 heterocycles. The summed E-state index contributed by atoms with van der Waals surface area (Å²) in [5, 5.41) is 0. The van der Waals surface area contributed by atoms with Crippen LogP contribution in [0.5, 0.6) is 0 Å². The monoisotopic (exact) mass is 277 g/mol. The summed E-state index contributed by atoms with van der Waals surface area (Å²) in [5.41, 5.74) is 1.44. The van der Waals surface area contributed by atoms with Crippen LogP contribution < -0.4 is 0 Å². The number of piperidine rings is 1. The molecule has 0 unspecified atom stereocenters. The predicted octanol–water partition coefficient (Wildman–Crippen LogP) is 3.75. The lowest BCUT2D eigenvalue weighted by Crippen LogP contribution is -2.42. The molecule has 0 N–H and O–H groups in total. The maximum atomic E-state index is 12.6. The average Bonchev–Trinajstić information content (AvgIpc) is 2.80. The number of rotatable bonds is 1. The lowest BCUT2D eigenvalue weighted by Gasteiger charge is -2.34. The first-order chi connectivity index (χ1) is 9.13. The van der Waals surface area contributed by atoms with Crippen LogP contribution in [0.3, 0.4) is 0 Å². The fourth-order valence-corrected chi connectivity index (χ4v) is 4.80. The Morgan fingerprint density at radius 3 is 2.58 bits per heavy atom. The maximum Gasteiger partial charge on any atom is 0.263 e. The van der Waals surface area contributed by atoms with Gasteiger partial charge in [0.2, 0.25) is 0 Å². The van der Waals surface area contributed by atoms with Gasteiger partial charge in [-0.1, -0.05) is 13.8 Å². The summed E-state index contributed by atoms with van der Waals surface area (Å²) in [6.07, 6.45) is 6.19. The summed E-state index contributed by atoms with van der Waals surface area (Å²) in [6, 6.07) is 2.17. The molecule has 0 bridgehead atoms. The Balaban J connectivity index is 1.77. The summed E-state index contributed by atoms with van der Waals surface area (Å²) in [7, 11) is 0. The number of amides is 1. The smallest absolute Gasteiger partial charge is 0.263 e. The zero-order valence-corrected chi connectivity index (χ0v) is 12.8. The van der Waals surface area contributed by atoms with Gasteiger partial charge in [0.05, 0.1) is 4.88 Å². The molecular weight excluding hydrogens is 254 g/mol. The Hall–Kier alpha value is -0.830. The van der Waals surface area contributed by atoms with Gasteiger partial charge in [-0.15, -0.1) is 11.3 Å². The van der Waals surface area contributed by atoms with Crippen LogP contribution >= 0.6 is 11.3 Å². The van der Waals surface area contributed by atoms with Crippen molar-refractivity contribution in [1.29, 1.82) is 0 Å². The number of aryl methyl sites for hydroxylation is 2. The van der Waals surface area contributed by atoms with Crippen molar-refractivity contribution >= 4 is 17.2 Å². The topological polar surface area (TPSA) is 20.3 Å². The van der Waals surface area contributed by atoms with E-state index in [4.69, 9.17) is 0 Å². The molecule has 3 rings (SSSR count). The SMILES string of the molecule is C[C@@H]1C[C@@H](C)CN(C(=O)c2cc3c(s2)CCCC3)C1. The third-order valence-corrected chi connectivity index (χ3v) is 5.59. The molecule has 104 valence electrons. The zero-order chi connectivity index (χ0) is 13.4. The van der Waals surface area contributed by atoms with Gasteiger partial charge in [0.1, 0.15) is 0 Å². The lowest BCUT2D eigenvalue weighted by atomic mass is 9.92. The van der Waals surface area contributed by atoms with Gasteiger partial charge in [-0.2, -0.15) is 0 Å². The van der Waals surface area contributed by atoms with Crippen LogP contribution in [0.25, 0.3) is 0 Å². The van der Waals surface area contributed by atoms with Crippen LogP contribution in [-0.2, 0) is 12.8 Å². The Labute approximate surface area is 119 Å². The predicted molar refractivity (Wildman–Crippen MR) is 79.8 cm³/mol. The molecule has 2 nitrogen and oxygen atoms in total. The molecule has 19 heavy (non-hydrogen) atoms. The standard InChI is InChI=1S/C16H23NOS/c1-11-7-12(2)10-17(9-11)16(18)15-8-13-5-3-4-6-14(13)19-15/h8,11-12H,3-7,9-10H2,1-2H3/t11-,12-/m1/s1. The van der Waals surface area contributed by atoms with Gasteiger partial charge in [0.15, 0.2) is 0 Å². The van der Waals surface area contributed by atoms with Crippen molar-refractivity contribution in [2.75, 3.05) is 13.1 Å². The van der Waals surface area contributed by atoms with Crippen molar-refractivity contribution in [3.8, 4) is 0 Å². The van der Waals surface area contributed by atoms with Crippen LogP contribution in [0, 0.1) is 11.8 Å². The summed E-state index contributed by atoms with van der Waals surface area (Å²) in [6.45, 7) is 6.39. The minimum atomic E-state index is 0.276. The normalized spacial score (nSPS) is 27.2. The number of hydrogen-bond donors (Lipinski definition) is 0. The highest BCUT2D eigenvalue weighted by Crippen LogP contribution is 2.31. The van der Waals surface area contributed by atoms with Crippen molar-refractivity contribution < 1.29 is 4.79 Å². The molecule has 2 atom stereocenters. The molecule has 1 aliphatic carbocycles. The van der Waals surface area contributed by atoms with Crippen LogP contribution in [0.2, 0.25) is 0 Å². The number of hydrogen-bond acceptors (Lipinski definition) is 2. The van der Waals surface area contributed by atoms with E-state index in [1.54, 1.807) is 11.3 Å². The largest absolute Gasteiger partial charge is 0.337 e. The Morgan fingerprint density at radius 2 is 1.89 bits per heavy atom. The van der Waals surface area contributed by atoms with Crippen molar-refractivity contribution in [3.63, 3.8) is 0 Å². The molecule has 1 aliphatic heterocycles. The first-order valence-corrected chi connectivity index (χ1v) is 8.36. The van der Waals surface area contributed by atoms with Crippen LogP contribution in [0.4, 0.5) is 0 Å². The number of thiophene rings is 1. The highest BCUT2D eigenvalue weighted by atomic mass is 32.1. The Bertz CT molecular complexity index is 446. The van der Waals surface area contributed by atoms with Crippen LogP contribution in [-0.4, -0.2) is 23.9 Å². The van der Waals surface area contributed by atoms with E-state index in [2.05, 4.69) is 24.8 Å². The van der Waals surface area contributed by atoms with Gasteiger partial charge in [-0.05, 0) is 55.6 Å². The van der Waals surface area contributed by atoms with E-state index >= 15 is 0 Å². The second-order valence-corrected chi connectivity index (χ2v) is 7.56. The fraction of sp³-hybridized carbons (Fsp3) is 0.688. The third kappa shape index (κ3) is 2.71. The molecule has 1 aromatic rings. The fourth-order valence-electron chi connectivity index (χ4n) is 3.58. The molecule has 1 aromatic heterocycles. The zero-order valence-electron chi connectivity index (χ0n) is 11.9. The third-order valence-electron chi connectivity index (χ3n) is 4.36. The summed E-state index contributed by atoms with van der Waals surface area (Å²) >= 11 is 1.75. The summed E-state index contributed by atoms with van der Waals surface area (Å²) in [4.78, 5) is 17.2. The van der Waals surface area contributed by atoms with Crippen molar-refractivity contribution in [3.05, 3.63) is 21.4 Å². The molecule has 0 aromatic carbocycles. The van der Waals surface area contributed by atoms with Gasteiger partial charge >= 0.3 is 0 Å². The van der Waals surface area contributed by atoms with Crippen LogP contribution in [0.1, 0.15) is 53.2 Å². The van der Waals surface area contributed by atoms with E-state index in [1.807, 2.05) is 0 Å². The lowest BCUT2D eigenvalue weighted by molar-refractivity contribution is 0.0628. The van der Waals surface area contributed by atoms with E-state index in [1.165, 1.54) is 42.5 Å². The number of carbonyl (C=O) groups excluding carboxylic acids is 1. The van der Waals surface area contributed by atoms with E-state index in [0.717, 1.165) is 18.0 Å². The van der Waals surface area contributed by atoms with Crippen LogP contribution in [0.15, 0.2) is 6.07 Å². The minimum Gasteiger partial charge on any atom is -0.337 e. The Morgan fingerprint density at radius 1 is 1.21 bits per heavy atom. The average molecular weight is 277 g/mol. The molecule has 0 spiro atoms.